The van der Waals surface area contributed by atoms with Crippen molar-refractivity contribution in [2.45, 2.75) is 6.10 Å². The van der Waals surface area contributed by atoms with Gasteiger partial charge in [0.25, 0.3) is 0 Å². The van der Waals surface area contributed by atoms with Crippen LogP contribution in [0.2, 0.25) is 0 Å². The fraction of sp³-hybridized carbons (Fsp3) is 0.0556. The Morgan fingerprint density at radius 1 is 1.13 bits per heavy atom. The van der Waals surface area contributed by atoms with E-state index in [0.29, 0.717) is 11.8 Å². The summed E-state index contributed by atoms with van der Waals surface area (Å²) in [5.74, 6) is -0.661. The Morgan fingerprint density at radius 3 is 2.61 bits per heavy atom. The maximum absolute atomic E-state index is 13.2. The Hall–Kier alpha value is -3.08. The van der Waals surface area contributed by atoms with Gasteiger partial charge in [0, 0.05) is 17.2 Å². The fourth-order valence-corrected chi connectivity index (χ4v) is 2.17. The first-order chi connectivity index (χ1) is 11.2. The number of carbonyl (C=O) groups excluding carboxylic acids is 2. The van der Waals surface area contributed by atoms with Gasteiger partial charge in [0.05, 0.1) is 5.70 Å². The lowest BCUT2D eigenvalue weighted by atomic mass is 10.1. The second kappa shape index (κ2) is 6.36. The second-order valence-corrected chi connectivity index (χ2v) is 4.90. The highest BCUT2D eigenvalue weighted by molar-refractivity contribution is 6.06. The maximum atomic E-state index is 13.2. The highest BCUT2D eigenvalue weighted by Crippen LogP contribution is 2.21. The number of benzene rings is 2. The number of carbonyl (C=O) groups is 2. The molecule has 1 aliphatic heterocycles. The van der Waals surface area contributed by atoms with Crippen molar-refractivity contribution in [1.82, 2.24) is 0 Å². The van der Waals surface area contributed by atoms with E-state index < -0.39 is 17.7 Å². The zero-order valence-electron chi connectivity index (χ0n) is 12.0. The van der Waals surface area contributed by atoms with Gasteiger partial charge >= 0.3 is 0 Å². The van der Waals surface area contributed by atoms with Gasteiger partial charge in [0.15, 0.2) is 18.2 Å². The summed E-state index contributed by atoms with van der Waals surface area (Å²) >= 11 is 0. The summed E-state index contributed by atoms with van der Waals surface area (Å²) in [5.41, 5.74) is 1.10. The summed E-state index contributed by atoms with van der Waals surface area (Å²) in [5, 5.41) is 0. The molecule has 1 atom stereocenters. The summed E-state index contributed by atoms with van der Waals surface area (Å²) < 4.78 is 18.6. The molecular weight excluding hydrogens is 297 g/mol. The zero-order valence-corrected chi connectivity index (χ0v) is 12.0. The van der Waals surface area contributed by atoms with Gasteiger partial charge < -0.3 is 4.74 Å². The Bertz CT molecular complexity index is 812. The van der Waals surface area contributed by atoms with Crippen LogP contribution in [0.25, 0.3) is 0 Å². The molecule has 0 aliphatic carbocycles. The summed E-state index contributed by atoms with van der Waals surface area (Å²) in [6, 6.07) is 14.4. The molecule has 0 fully saturated rings. The molecule has 1 unspecified atom stereocenters. The normalized spacial score (nSPS) is 18.4. The van der Waals surface area contributed by atoms with Crippen molar-refractivity contribution in [1.29, 1.82) is 0 Å². The maximum Gasteiger partial charge on any atom is 0.222 e. The molecule has 0 saturated heterocycles. The standard InChI is InChI=1S/C18H12FNO3/c19-14-8-4-7-13(9-14)16(22)10-15-17(11-21)23-18(20-15)12-5-2-1-3-6-12/h1-11,17H/b15-10-. The Kier molecular flexibility index (Phi) is 4.10. The van der Waals surface area contributed by atoms with E-state index in [-0.39, 0.29) is 17.2 Å². The molecule has 2 aromatic rings. The SMILES string of the molecule is O=CC1OC(c2ccccc2)=N/C1=C\C(=O)c1cccc(F)c1. The molecule has 23 heavy (non-hydrogen) atoms. The quantitative estimate of drug-likeness (QED) is 0.496. The molecule has 4 nitrogen and oxygen atoms in total. The molecule has 0 radical (unpaired) electrons. The van der Waals surface area contributed by atoms with E-state index in [2.05, 4.69) is 4.99 Å². The first kappa shape index (κ1) is 14.8. The number of rotatable bonds is 4. The molecule has 0 saturated carbocycles. The molecule has 3 rings (SSSR count). The minimum absolute atomic E-state index is 0.186. The first-order valence-electron chi connectivity index (χ1n) is 6.95. The van der Waals surface area contributed by atoms with Crippen molar-refractivity contribution >= 4 is 18.0 Å². The Balaban J connectivity index is 1.92. The molecule has 2 aromatic carbocycles. The molecule has 0 spiro atoms. The molecule has 0 aromatic heterocycles. The van der Waals surface area contributed by atoms with Gasteiger partial charge in [-0.25, -0.2) is 9.38 Å². The third-order valence-electron chi connectivity index (χ3n) is 3.29. The van der Waals surface area contributed by atoms with E-state index in [0.717, 1.165) is 6.07 Å². The molecule has 1 aliphatic rings. The third-order valence-corrected chi connectivity index (χ3v) is 3.29. The predicted molar refractivity (Wildman–Crippen MR) is 82.7 cm³/mol. The molecule has 1 heterocycles. The Morgan fingerprint density at radius 2 is 1.91 bits per heavy atom. The lowest BCUT2D eigenvalue weighted by Gasteiger charge is -2.04. The van der Waals surface area contributed by atoms with Gasteiger partial charge in [-0.1, -0.05) is 30.3 Å². The molecule has 0 amide bonds. The molecule has 0 N–H and O–H groups in total. The zero-order chi connectivity index (χ0) is 16.2. The van der Waals surface area contributed by atoms with Crippen LogP contribution >= 0.6 is 0 Å². The van der Waals surface area contributed by atoms with Crippen LogP contribution in [0.15, 0.2) is 71.4 Å². The van der Waals surface area contributed by atoms with Crippen LogP contribution in [0.1, 0.15) is 15.9 Å². The van der Waals surface area contributed by atoms with Gasteiger partial charge in [-0.3, -0.25) is 9.59 Å². The summed E-state index contributed by atoms with van der Waals surface area (Å²) in [7, 11) is 0. The van der Waals surface area contributed by atoms with Gasteiger partial charge in [0.2, 0.25) is 5.90 Å². The predicted octanol–water partition coefficient (Wildman–Crippen LogP) is 2.94. The van der Waals surface area contributed by atoms with Crippen molar-refractivity contribution in [3.63, 3.8) is 0 Å². The van der Waals surface area contributed by atoms with Crippen LogP contribution in [0.4, 0.5) is 4.39 Å². The van der Waals surface area contributed by atoms with Crippen molar-refractivity contribution in [3.8, 4) is 0 Å². The summed E-state index contributed by atoms with van der Waals surface area (Å²) in [6.45, 7) is 0. The van der Waals surface area contributed by atoms with Crippen molar-refractivity contribution in [2.24, 2.45) is 4.99 Å². The summed E-state index contributed by atoms with van der Waals surface area (Å²) in [4.78, 5) is 27.5. The number of aliphatic imine (C=N–C) groups is 1. The number of ether oxygens (including phenoxy) is 1. The topological polar surface area (TPSA) is 55.7 Å². The van der Waals surface area contributed by atoms with Crippen LogP contribution < -0.4 is 0 Å². The van der Waals surface area contributed by atoms with Crippen LogP contribution in [-0.2, 0) is 9.53 Å². The van der Waals surface area contributed by atoms with E-state index in [9.17, 15) is 14.0 Å². The van der Waals surface area contributed by atoms with Crippen molar-refractivity contribution in [2.75, 3.05) is 0 Å². The number of allylic oxidation sites excluding steroid dienone is 1. The lowest BCUT2D eigenvalue weighted by molar-refractivity contribution is -0.112. The largest absolute Gasteiger partial charge is 0.460 e. The van der Waals surface area contributed by atoms with Gasteiger partial charge in [-0.05, 0) is 24.3 Å². The smallest absolute Gasteiger partial charge is 0.222 e. The monoisotopic (exact) mass is 309 g/mol. The van der Waals surface area contributed by atoms with E-state index in [1.807, 2.05) is 18.2 Å². The van der Waals surface area contributed by atoms with Crippen LogP contribution in [0.3, 0.4) is 0 Å². The number of nitrogens with zero attached hydrogens (tertiary/aromatic N) is 1. The van der Waals surface area contributed by atoms with E-state index >= 15 is 0 Å². The highest BCUT2D eigenvalue weighted by atomic mass is 19.1. The first-order valence-corrected chi connectivity index (χ1v) is 6.95. The second-order valence-electron chi connectivity index (χ2n) is 4.90. The van der Waals surface area contributed by atoms with Crippen molar-refractivity contribution in [3.05, 3.63) is 83.3 Å². The number of aldehydes is 1. The van der Waals surface area contributed by atoms with Gasteiger partial charge in [-0.2, -0.15) is 0 Å². The number of hydrogen-bond acceptors (Lipinski definition) is 4. The van der Waals surface area contributed by atoms with Crippen LogP contribution in [-0.4, -0.2) is 24.1 Å². The highest BCUT2D eigenvalue weighted by Gasteiger charge is 2.26. The van der Waals surface area contributed by atoms with E-state index in [4.69, 9.17) is 4.74 Å². The number of halogens is 1. The fourth-order valence-electron chi connectivity index (χ4n) is 2.17. The van der Waals surface area contributed by atoms with Crippen molar-refractivity contribution < 1.29 is 18.7 Å². The number of hydrogen-bond donors (Lipinski definition) is 0. The molecular formula is C18H12FNO3. The average molecular weight is 309 g/mol. The summed E-state index contributed by atoms with van der Waals surface area (Å²) in [6.07, 6.45) is 0.830. The minimum Gasteiger partial charge on any atom is -0.460 e. The number of ketones is 1. The van der Waals surface area contributed by atoms with Crippen LogP contribution in [0, 0.1) is 5.82 Å². The molecule has 5 heteroatoms. The Labute approximate surface area is 131 Å². The van der Waals surface area contributed by atoms with Gasteiger partial charge in [0.1, 0.15) is 5.82 Å². The van der Waals surface area contributed by atoms with Crippen LogP contribution in [0.5, 0.6) is 0 Å². The van der Waals surface area contributed by atoms with E-state index in [1.165, 1.54) is 24.3 Å². The molecule has 0 bridgehead atoms. The van der Waals surface area contributed by atoms with Gasteiger partial charge in [-0.15, -0.1) is 0 Å². The third kappa shape index (κ3) is 3.23. The minimum atomic E-state index is -0.942. The van der Waals surface area contributed by atoms with E-state index in [1.54, 1.807) is 12.1 Å². The lowest BCUT2D eigenvalue weighted by Crippen LogP contribution is -2.14. The molecule has 114 valence electrons. The average Bonchev–Trinajstić information content (AvgIpc) is 2.98.